The van der Waals surface area contributed by atoms with Gasteiger partial charge in [-0.2, -0.15) is 0 Å². The average Bonchev–Trinajstić information content (AvgIpc) is 2.30. The van der Waals surface area contributed by atoms with Gasteiger partial charge in [-0.25, -0.2) is 4.98 Å². The van der Waals surface area contributed by atoms with Crippen molar-refractivity contribution in [2.24, 2.45) is 5.73 Å². The van der Waals surface area contributed by atoms with Crippen LogP contribution < -0.4 is 5.73 Å². The lowest BCUT2D eigenvalue weighted by Gasteiger charge is -2.03. The van der Waals surface area contributed by atoms with Gasteiger partial charge in [-0.1, -0.05) is 29.8 Å². The van der Waals surface area contributed by atoms with Gasteiger partial charge >= 0.3 is 0 Å². The zero-order valence-corrected chi connectivity index (χ0v) is 8.78. The largest absolute Gasteiger partial charge is 0.325 e. The molecular weight excluding hydrogens is 210 g/mol. The molecule has 76 valence electrons. The molecule has 0 amide bonds. The molecule has 0 unspecified atom stereocenters. The summed E-state index contributed by atoms with van der Waals surface area (Å²) in [7, 11) is 0. The Morgan fingerprint density at radius 2 is 2.00 bits per heavy atom. The highest BCUT2D eigenvalue weighted by Gasteiger charge is 2.04. The molecule has 0 aliphatic carbocycles. The van der Waals surface area contributed by atoms with E-state index in [-0.39, 0.29) is 0 Å². The minimum absolute atomic E-state index is 0.380. The second kappa shape index (κ2) is 4.38. The van der Waals surface area contributed by atoms with Crippen LogP contribution >= 0.6 is 11.6 Å². The van der Waals surface area contributed by atoms with E-state index in [1.165, 1.54) is 0 Å². The number of aromatic nitrogens is 2. The SMILES string of the molecule is NCc1cncc(-c2ccccc2Cl)n1. The summed E-state index contributed by atoms with van der Waals surface area (Å²) in [4.78, 5) is 8.42. The number of halogens is 1. The predicted molar refractivity (Wildman–Crippen MR) is 60.4 cm³/mol. The number of hydrogen-bond acceptors (Lipinski definition) is 3. The van der Waals surface area contributed by atoms with Gasteiger partial charge in [0, 0.05) is 18.3 Å². The molecule has 0 bridgehead atoms. The molecule has 0 atom stereocenters. The van der Waals surface area contributed by atoms with Crippen molar-refractivity contribution in [2.45, 2.75) is 6.54 Å². The number of nitrogens with zero attached hydrogens (tertiary/aromatic N) is 2. The summed E-state index contributed by atoms with van der Waals surface area (Å²) in [6.45, 7) is 0.380. The Labute approximate surface area is 92.9 Å². The van der Waals surface area contributed by atoms with E-state index >= 15 is 0 Å². The van der Waals surface area contributed by atoms with E-state index in [9.17, 15) is 0 Å². The van der Waals surface area contributed by atoms with Gasteiger partial charge in [0.05, 0.1) is 22.6 Å². The second-order valence-electron chi connectivity index (χ2n) is 3.08. The van der Waals surface area contributed by atoms with Crippen LogP contribution in [-0.2, 0) is 6.54 Å². The topological polar surface area (TPSA) is 51.8 Å². The van der Waals surface area contributed by atoms with Crippen molar-refractivity contribution in [2.75, 3.05) is 0 Å². The lowest BCUT2D eigenvalue weighted by molar-refractivity contribution is 0.967. The normalized spacial score (nSPS) is 10.3. The molecule has 4 heteroatoms. The first-order valence-electron chi connectivity index (χ1n) is 4.57. The van der Waals surface area contributed by atoms with Crippen molar-refractivity contribution >= 4 is 11.6 Å². The highest BCUT2D eigenvalue weighted by molar-refractivity contribution is 6.33. The van der Waals surface area contributed by atoms with Crippen molar-refractivity contribution in [3.8, 4) is 11.3 Å². The monoisotopic (exact) mass is 219 g/mol. The zero-order chi connectivity index (χ0) is 10.7. The number of benzene rings is 1. The summed E-state index contributed by atoms with van der Waals surface area (Å²) in [5.41, 5.74) is 7.89. The van der Waals surface area contributed by atoms with Crippen molar-refractivity contribution < 1.29 is 0 Å². The maximum absolute atomic E-state index is 6.06. The molecule has 1 aromatic carbocycles. The van der Waals surface area contributed by atoms with Crippen LogP contribution in [0, 0.1) is 0 Å². The van der Waals surface area contributed by atoms with Gasteiger partial charge < -0.3 is 5.73 Å². The number of nitrogens with two attached hydrogens (primary N) is 1. The van der Waals surface area contributed by atoms with Crippen LogP contribution in [0.1, 0.15) is 5.69 Å². The van der Waals surface area contributed by atoms with E-state index in [2.05, 4.69) is 9.97 Å². The third-order valence-corrected chi connectivity index (χ3v) is 2.37. The molecule has 2 rings (SSSR count). The molecule has 1 aromatic heterocycles. The Morgan fingerprint density at radius 3 is 2.73 bits per heavy atom. The molecule has 0 aliphatic rings. The molecule has 15 heavy (non-hydrogen) atoms. The summed E-state index contributed by atoms with van der Waals surface area (Å²) in [6, 6.07) is 7.53. The Morgan fingerprint density at radius 1 is 1.20 bits per heavy atom. The van der Waals surface area contributed by atoms with Crippen molar-refractivity contribution in [3.63, 3.8) is 0 Å². The molecule has 2 N–H and O–H groups in total. The number of hydrogen-bond donors (Lipinski definition) is 1. The molecule has 0 saturated heterocycles. The van der Waals surface area contributed by atoms with Gasteiger partial charge in [-0.3, -0.25) is 4.98 Å². The van der Waals surface area contributed by atoms with Crippen molar-refractivity contribution in [1.82, 2.24) is 9.97 Å². The van der Waals surface area contributed by atoms with Gasteiger partial charge in [0.25, 0.3) is 0 Å². The molecule has 0 spiro atoms. The summed E-state index contributed by atoms with van der Waals surface area (Å²) >= 11 is 6.06. The average molecular weight is 220 g/mol. The lowest BCUT2D eigenvalue weighted by atomic mass is 10.1. The van der Waals surface area contributed by atoms with Gasteiger partial charge in [0.1, 0.15) is 0 Å². The molecule has 0 aliphatic heterocycles. The van der Waals surface area contributed by atoms with Crippen molar-refractivity contribution in [1.29, 1.82) is 0 Å². The predicted octanol–water partition coefficient (Wildman–Crippen LogP) is 2.26. The first-order valence-corrected chi connectivity index (χ1v) is 4.95. The summed E-state index contributed by atoms with van der Waals surface area (Å²) < 4.78 is 0. The smallest absolute Gasteiger partial charge is 0.0904 e. The minimum Gasteiger partial charge on any atom is -0.325 e. The van der Waals surface area contributed by atoms with E-state index in [4.69, 9.17) is 17.3 Å². The van der Waals surface area contributed by atoms with Crippen molar-refractivity contribution in [3.05, 3.63) is 47.4 Å². The molecule has 2 aromatic rings. The van der Waals surface area contributed by atoms with Crippen LogP contribution in [-0.4, -0.2) is 9.97 Å². The van der Waals surface area contributed by atoms with E-state index in [0.717, 1.165) is 17.0 Å². The van der Waals surface area contributed by atoms with Gasteiger partial charge in [-0.15, -0.1) is 0 Å². The van der Waals surface area contributed by atoms with Crippen LogP contribution in [0.4, 0.5) is 0 Å². The zero-order valence-electron chi connectivity index (χ0n) is 8.02. The fourth-order valence-corrected chi connectivity index (χ4v) is 1.54. The summed E-state index contributed by atoms with van der Waals surface area (Å²) in [5.74, 6) is 0. The molecule has 3 nitrogen and oxygen atoms in total. The highest BCUT2D eigenvalue weighted by atomic mass is 35.5. The third kappa shape index (κ3) is 2.14. The van der Waals surface area contributed by atoms with Crippen LogP contribution in [0.15, 0.2) is 36.7 Å². The first kappa shape index (κ1) is 10.1. The Balaban J connectivity index is 2.49. The standard InChI is InChI=1S/C11H10ClN3/c12-10-4-2-1-3-9(10)11-7-14-6-8(5-13)15-11/h1-4,6-7H,5,13H2. The van der Waals surface area contributed by atoms with E-state index in [1.54, 1.807) is 12.4 Å². The third-order valence-electron chi connectivity index (χ3n) is 2.04. The molecule has 0 saturated carbocycles. The van der Waals surface area contributed by atoms with E-state index in [1.807, 2.05) is 24.3 Å². The molecule has 1 heterocycles. The van der Waals surface area contributed by atoms with Crippen LogP contribution in [0.5, 0.6) is 0 Å². The maximum atomic E-state index is 6.06. The van der Waals surface area contributed by atoms with Gasteiger partial charge in [-0.05, 0) is 6.07 Å². The Bertz CT molecular complexity index is 471. The molecular formula is C11H10ClN3. The quantitative estimate of drug-likeness (QED) is 0.843. The van der Waals surface area contributed by atoms with Gasteiger partial charge in [0.2, 0.25) is 0 Å². The van der Waals surface area contributed by atoms with E-state index < -0.39 is 0 Å². The van der Waals surface area contributed by atoms with E-state index in [0.29, 0.717) is 11.6 Å². The highest BCUT2D eigenvalue weighted by Crippen LogP contribution is 2.25. The van der Waals surface area contributed by atoms with Crippen LogP contribution in [0.25, 0.3) is 11.3 Å². The Kier molecular flexibility index (Phi) is 2.94. The number of rotatable bonds is 2. The maximum Gasteiger partial charge on any atom is 0.0904 e. The minimum atomic E-state index is 0.380. The second-order valence-corrected chi connectivity index (χ2v) is 3.49. The fraction of sp³-hybridized carbons (Fsp3) is 0.0909. The molecule has 0 fully saturated rings. The molecule has 0 radical (unpaired) electrons. The Hall–Kier alpha value is -1.45. The van der Waals surface area contributed by atoms with Crippen LogP contribution in [0.3, 0.4) is 0 Å². The fourth-order valence-electron chi connectivity index (χ4n) is 1.30. The summed E-state index contributed by atoms with van der Waals surface area (Å²) in [6.07, 6.45) is 3.33. The first-order chi connectivity index (χ1) is 7.31. The van der Waals surface area contributed by atoms with Crippen LogP contribution in [0.2, 0.25) is 5.02 Å². The summed E-state index contributed by atoms with van der Waals surface area (Å²) in [5, 5.41) is 0.668. The lowest BCUT2D eigenvalue weighted by Crippen LogP contribution is -2.01. The van der Waals surface area contributed by atoms with Gasteiger partial charge in [0.15, 0.2) is 0 Å².